The fourth-order valence-corrected chi connectivity index (χ4v) is 8.77. The molecule has 0 spiro atoms. The molecule has 0 aliphatic heterocycles. The maximum Gasteiger partial charge on any atom is 0.303 e. The van der Waals surface area contributed by atoms with Crippen molar-refractivity contribution in [3.8, 4) is 0 Å². The summed E-state index contributed by atoms with van der Waals surface area (Å²) < 4.78 is 41.4. The Balaban J connectivity index is 1.82. The van der Waals surface area contributed by atoms with Crippen LogP contribution in [-0.4, -0.2) is 17.2 Å². The van der Waals surface area contributed by atoms with Crippen molar-refractivity contribution >= 4 is 29.1 Å². The number of carboxylic acids is 1. The molecule has 2 nitrogen and oxygen atoms in total. The van der Waals surface area contributed by atoms with E-state index in [9.17, 15) is 18.0 Å². The third-order valence-corrected chi connectivity index (χ3v) is 10.7. The summed E-state index contributed by atoms with van der Waals surface area (Å²) in [7, 11) is -2.26. The van der Waals surface area contributed by atoms with E-state index in [4.69, 9.17) is 5.11 Å². The first-order valence-electron chi connectivity index (χ1n) is 11.8. The van der Waals surface area contributed by atoms with Gasteiger partial charge in [-0.3, -0.25) is 4.79 Å². The van der Waals surface area contributed by atoms with Crippen LogP contribution in [0.3, 0.4) is 0 Å². The summed E-state index contributed by atoms with van der Waals surface area (Å²) in [5, 5.41) is 11.7. The molecular weight excluding hydrogens is 456 g/mol. The third kappa shape index (κ3) is 6.93. The molecule has 3 rings (SSSR count). The molecule has 6 heteroatoms. The number of unbranched alkanes of at least 4 members (excludes halogenated alkanes) is 6. The van der Waals surface area contributed by atoms with Crippen LogP contribution in [0.25, 0.3) is 0 Å². The van der Waals surface area contributed by atoms with Crippen LogP contribution in [0.1, 0.15) is 51.4 Å². The summed E-state index contributed by atoms with van der Waals surface area (Å²) in [5.41, 5.74) is 0. The monoisotopic (exact) mass is 487 g/mol. The van der Waals surface area contributed by atoms with Gasteiger partial charge in [-0.25, -0.2) is 13.2 Å². The Morgan fingerprint density at radius 3 is 1.24 bits per heavy atom. The smallest absolute Gasteiger partial charge is 0.303 e. The zero-order valence-electron chi connectivity index (χ0n) is 19.2. The van der Waals surface area contributed by atoms with Crippen LogP contribution in [0.4, 0.5) is 13.2 Å². The summed E-state index contributed by atoms with van der Waals surface area (Å²) in [6, 6.07) is 19.5. The average Bonchev–Trinajstić information content (AvgIpc) is 2.82. The Bertz CT molecular complexity index is 924. The van der Waals surface area contributed by atoms with Crippen LogP contribution in [0, 0.1) is 17.5 Å². The molecule has 3 aromatic carbocycles. The number of carbonyl (C=O) groups is 1. The number of hydrogen-bond acceptors (Lipinski definition) is 1. The predicted octanol–water partition coefficient (Wildman–Crippen LogP) is 6.60. The van der Waals surface area contributed by atoms with Crippen LogP contribution in [-0.2, 0) is 4.79 Å². The van der Waals surface area contributed by atoms with E-state index in [2.05, 4.69) is 0 Å². The maximum atomic E-state index is 13.8. The highest BCUT2D eigenvalue weighted by Crippen LogP contribution is 2.56. The molecule has 0 bridgehead atoms. The molecule has 0 aromatic heterocycles. The Morgan fingerprint density at radius 2 is 0.882 bits per heavy atom. The van der Waals surface area contributed by atoms with Crippen molar-refractivity contribution in [1.29, 1.82) is 0 Å². The number of carboxylic acid groups (broad SMARTS) is 1. The van der Waals surface area contributed by atoms with Crippen LogP contribution < -0.4 is 15.9 Å². The molecule has 0 radical (unpaired) electrons. The minimum absolute atomic E-state index is 0.222. The largest absolute Gasteiger partial charge is 0.481 e. The standard InChI is InChI=1S/C28H30F3O2P/c29-22-9-15-25(16-10-22)34(26-17-11-23(30)12-18-26,27-19-13-24(31)14-20-27)21-7-5-3-1-2-4-6-8-28(32)33/h9-20H,1-8,21H2/p+1. The van der Waals surface area contributed by atoms with Gasteiger partial charge >= 0.3 is 5.97 Å². The molecule has 0 saturated carbocycles. The molecule has 0 aliphatic carbocycles. The van der Waals surface area contributed by atoms with Gasteiger partial charge in [-0.1, -0.05) is 25.7 Å². The minimum atomic E-state index is -2.26. The lowest BCUT2D eigenvalue weighted by molar-refractivity contribution is -0.137. The van der Waals surface area contributed by atoms with Gasteiger partial charge in [-0.05, 0) is 92.1 Å². The molecule has 34 heavy (non-hydrogen) atoms. The lowest BCUT2D eigenvalue weighted by Gasteiger charge is -2.28. The Morgan fingerprint density at radius 1 is 0.559 bits per heavy atom. The SMILES string of the molecule is O=C(O)CCCCCCCCC[P+](c1ccc(F)cc1)(c1ccc(F)cc1)c1ccc(F)cc1. The summed E-state index contributed by atoms with van der Waals surface area (Å²) in [4.78, 5) is 10.6. The van der Waals surface area contributed by atoms with Crippen LogP contribution >= 0.6 is 7.26 Å². The average molecular weight is 488 g/mol. The molecule has 0 heterocycles. The molecule has 3 aromatic rings. The molecule has 1 N–H and O–H groups in total. The highest BCUT2D eigenvalue weighted by Gasteiger charge is 2.44. The van der Waals surface area contributed by atoms with E-state index >= 15 is 0 Å². The quantitative estimate of drug-likeness (QED) is 0.218. The van der Waals surface area contributed by atoms with Crippen molar-refractivity contribution in [2.24, 2.45) is 0 Å². The summed E-state index contributed by atoms with van der Waals surface area (Å²) in [6.07, 6.45) is 7.71. The van der Waals surface area contributed by atoms with E-state index in [0.29, 0.717) is 6.42 Å². The number of halogens is 3. The Hall–Kier alpha value is -2.65. The topological polar surface area (TPSA) is 37.3 Å². The van der Waals surface area contributed by atoms with Crippen molar-refractivity contribution in [2.45, 2.75) is 51.4 Å². The molecule has 180 valence electrons. The summed E-state index contributed by atoms with van der Waals surface area (Å²) in [5.74, 6) is -1.70. The molecule has 0 aliphatic rings. The highest BCUT2D eigenvalue weighted by atomic mass is 31.2. The zero-order valence-corrected chi connectivity index (χ0v) is 20.1. The lowest BCUT2D eigenvalue weighted by atomic mass is 10.1. The van der Waals surface area contributed by atoms with Crippen LogP contribution in [0.2, 0.25) is 0 Å². The zero-order chi connectivity index (χ0) is 24.4. The number of benzene rings is 3. The van der Waals surface area contributed by atoms with E-state index in [1.165, 1.54) is 36.4 Å². The second-order valence-electron chi connectivity index (χ2n) is 8.58. The summed E-state index contributed by atoms with van der Waals surface area (Å²) in [6.45, 7) is 0. The van der Waals surface area contributed by atoms with Gasteiger partial charge in [0.2, 0.25) is 0 Å². The maximum absolute atomic E-state index is 13.8. The molecule has 0 unspecified atom stereocenters. The minimum Gasteiger partial charge on any atom is -0.481 e. The van der Waals surface area contributed by atoms with Crippen molar-refractivity contribution in [3.63, 3.8) is 0 Å². The first-order chi connectivity index (χ1) is 16.4. The number of hydrogen-bond donors (Lipinski definition) is 1. The predicted molar refractivity (Wildman–Crippen MR) is 134 cm³/mol. The normalized spacial score (nSPS) is 11.5. The summed E-state index contributed by atoms with van der Waals surface area (Å²) >= 11 is 0. The van der Waals surface area contributed by atoms with E-state index in [-0.39, 0.29) is 23.9 Å². The van der Waals surface area contributed by atoms with Crippen LogP contribution in [0.15, 0.2) is 72.8 Å². The van der Waals surface area contributed by atoms with Gasteiger partial charge in [0.15, 0.2) is 0 Å². The van der Waals surface area contributed by atoms with Crippen molar-refractivity contribution < 1.29 is 23.1 Å². The number of rotatable bonds is 13. The third-order valence-electron chi connectivity index (χ3n) is 6.19. The molecule has 0 saturated heterocycles. The molecule has 0 fully saturated rings. The lowest BCUT2D eigenvalue weighted by Crippen LogP contribution is -2.33. The van der Waals surface area contributed by atoms with Crippen LogP contribution in [0.5, 0.6) is 0 Å². The van der Waals surface area contributed by atoms with E-state index < -0.39 is 13.2 Å². The van der Waals surface area contributed by atoms with Crippen molar-refractivity contribution in [1.82, 2.24) is 0 Å². The van der Waals surface area contributed by atoms with Crippen molar-refractivity contribution in [3.05, 3.63) is 90.2 Å². The fraction of sp³-hybridized carbons (Fsp3) is 0.321. The van der Waals surface area contributed by atoms with Gasteiger partial charge in [0, 0.05) is 6.42 Å². The fourth-order valence-electron chi connectivity index (χ4n) is 4.43. The van der Waals surface area contributed by atoms with Gasteiger partial charge in [-0.2, -0.15) is 0 Å². The van der Waals surface area contributed by atoms with E-state index in [0.717, 1.165) is 60.6 Å². The first-order valence-corrected chi connectivity index (χ1v) is 13.8. The van der Waals surface area contributed by atoms with E-state index in [1.54, 1.807) is 36.4 Å². The number of aliphatic carboxylic acids is 1. The second-order valence-corrected chi connectivity index (χ2v) is 12.2. The van der Waals surface area contributed by atoms with Gasteiger partial charge in [0.05, 0.1) is 6.16 Å². The van der Waals surface area contributed by atoms with Crippen molar-refractivity contribution in [2.75, 3.05) is 6.16 Å². The van der Waals surface area contributed by atoms with Gasteiger partial charge in [-0.15, -0.1) is 0 Å². The van der Waals surface area contributed by atoms with E-state index in [1.807, 2.05) is 0 Å². The molecule has 0 atom stereocenters. The highest BCUT2D eigenvalue weighted by molar-refractivity contribution is 7.95. The molecular formula is C28H31F3O2P+. The Kier molecular flexibility index (Phi) is 9.71. The molecule has 0 amide bonds. The van der Waals surface area contributed by atoms with Gasteiger partial charge < -0.3 is 5.11 Å². The second kappa shape index (κ2) is 12.7. The first kappa shape index (κ1) is 26.0. The Labute approximate surface area is 200 Å². The van der Waals surface area contributed by atoms with Gasteiger partial charge in [0.1, 0.15) is 40.6 Å². The van der Waals surface area contributed by atoms with Gasteiger partial charge in [0.25, 0.3) is 0 Å².